The molecule has 1 amide bonds. The molecule has 2 aromatic carbocycles. The van der Waals surface area contributed by atoms with Gasteiger partial charge in [-0.15, -0.1) is 0 Å². The van der Waals surface area contributed by atoms with Gasteiger partial charge in [0.15, 0.2) is 0 Å². The number of rotatable bonds is 5. The van der Waals surface area contributed by atoms with E-state index in [0.29, 0.717) is 52.9 Å². The molecule has 1 N–H and O–H groups in total. The summed E-state index contributed by atoms with van der Waals surface area (Å²) in [5.74, 6) is 0.0749. The number of sulfonamides is 1. The smallest absolute Gasteiger partial charge is 0.243 e. The second kappa shape index (κ2) is 9.01. The highest BCUT2D eigenvalue weighted by molar-refractivity contribution is 7.89. The van der Waals surface area contributed by atoms with Crippen LogP contribution in [0.15, 0.2) is 51.9 Å². The standard InChI is InChI=1S/C22H23ClN4O4S/c1-14-5-6-16(21-24-15(2)31-26-21)12-20(14)32(29,30)27-11-3-4-17(13-27)22(28)25-19-9-7-18(23)8-10-19/h5-10,12,17H,3-4,11,13H2,1-2H3,(H,25,28). The number of amides is 1. The van der Waals surface area contributed by atoms with Crippen LogP contribution in [-0.2, 0) is 14.8 Å². The van der Waals surface area contributed by atoms with E-state index < -0.39 is 15.9 Å². The van der Waals surface area contributed by atoms with Crippen molar-refractivity contribution in [1.29, 1.82) is 0 Å². The van der Waals surface area contributed by atoms with E-state index in [2.05, 4.69) is 15.5 Å². The topological polar surface area (TPSA) is 105 Å². The van der Waals surface area contributed by atoms with Gasteiger partial charge in [0.25, 0.3) is 0 Å². The van der Waals surface area contributed by atoms with Gasteiger partial charge < -0.3 is 9.84 Å². The van der Waals surface area contributed by atoms with E-state index in [9.17, 15) is 13.2 Å². The first-order valence-corrected chi connectivity index (χ1v) is 12.0. The van der Waals surface area contributed by atoms with E-state index in [1.807, 2.05) is 0 Å². The molecule has 1 unspecified atom stereocenters. The van der Waals surface area contributed by atoms with Crippen LogP contribution < -0.4 is 5.32 Å². The third-order valence-electron chi connectivity index (χ3n) is 5.46. The number of nitrogens with one attached hydrogen (secondary N) is 1. The Balaban J connectivity index is 1.55. The van der Waals surface area contributed by atoms with Crippen molar-refractivity contribution in [3.63, 3.8) is 0 Å². The molecule has 0 radical (unpaired) electrons. The van der Waals surface area contributed by atoms with Crippen LogP contribution in [0.1, 0.15) is 24.3 Å². The maximum atomic E-state index is 13.5. The van der Waals surface area contributed by atoms with Gasteiger partial charge in [0.1, 0.15) is 0 Å². The number of anilines is 1. The van der Waals surface area contributed by atoms with Crippen molar-refractivity contribution < 1.29 is 17.7 Å². The Bertz CT molecular complexity index is 1240. The van der Waals surface area contributed by atoms with Crippen molar-refractivity contribution in [2.24, 2.45) is 5.92 Å². The molecule has 1 atom stereocenters. The summed E-state index contributed by atoms with van der Waals surface area (Å²) in [6.45, 7) is 3.89. The molecule has 8 nitrogen and oxygen atoms in total. The predicted molar refractivity (Wildman–Crippen MR) is 121 cm³/mol. The zero-order valence-corrected chi connectivity index (χ0v) is 19.3. The van der Waals surface area contributed by atoms with Gasteiger partial charge in [-0.3, -0.25) is 4.79 Å². The average molecular weight is 475 g/mol. The highest BCUT2D eigenvalue weighted by Crippen LogP contribution is 2.29. The monoisotopic (exact) mass is 474 g/mol. The van der Waals surface area contributed by atoms with Gasteiger partial charge >= 0.3 is 0 Å². The van der Waals surface area contributed by atoms with Crippen molar-refractivity contribution in [2.75, 3.05) is 18.4 Å². The summed E-state index contributed by atoms with van der Waals surface area (Å²) in [6, 6.07) is 11.9. The first kappa shape index (κ1) is 22.4. The van der Waals surface area contributed by atoms with Crippen molar-refractivity contribution in [1.82, 2.24) is 14.4 Å². The fraction of sp³-hybridized carbons (Fsp3) is 0.318. The normalized spacial score (nSPS) is 17.3. The van der Waals surface area contributed by atoms with Gasteiger partial charge in [-0.25, -0.2) is 8.42 Å². The van der Waals surface area contributed by atoms with E-state index in [-0.39, 0.29) is 17.3 Å². The van der Waals surface area contributed by atoms with Crippen LogP contribution >= 0.6 is 11.6 Å². The van der Waals surface area contributed by atoms with Crippen LogP contribution in [0.2, 0.25) is 5.02 Å². The number of aromatic nitrogens is 2. The summed E-state index contributed by atoms with van der Waals surface area (Å²) in [5.41, 5.74) is 1.79. The highest BCUT2D eigenvalue weighted by atomic mass is 35.5. The molecule has 10 heteroatoms. The van der Waals surface area contributed by atoms with Crippen molar-refractivity contribution in [2.45, 2.75) is 31.6 Å². The lowest BCUT2D eigenvalue weighted by Crippen LogP contribution is -2.43. The van der Waals surface area contributed by atoms with Gasteiger partial charge in [-0.1, -0.05) is 28.9 Å². The number of hydrogen-bond acceptors (Lipinski definition) is 6. The summed E-state index contributed by atoms with van der Waals surface area (Å²) in [5, 5.41) is 7.30. The molecule has 0 aliphatic carbocycles. The molecule has 1 aromatic heterocycles. The van der Waals surface area contributed by atoms with E-state index in [0.717, 1.165) is 0 Å². The third kappa shape index (κ3) is 4.69. The maximum absolute atomic E-state index is 13.5. The minimum absolute atomic E-state index is 0.118. The molecule has 0 saturated carbocycles. The van der Waals surface area contributed by atoms with Crippen molar-refractivity contribution >= 4 is 33.2 Å². The molecule has 1 saturated heterocycles. The van der Waals surface area contributed by atoms with Crippen LogP contribution in [0.25, 0.3) is 11.4 Å². The first-order valence-electron chi connectivity index (χ1n) is 10.2. The zero-order chi connectivity index (χ0) is 22.9. The molecular formula is C22H23ClN4O4S. The highest BCUT2D eigenvalue weighted by Gasteiger charge is 2.34. The van der Waals surface area contributed by atoms with Gasteiger partial charge in [0, 0.05) is 36.3 Å². The first-order chi connectivity index (χ1) is 15.2. The molecule has 32 heavy (non-hydrogen) atoms. The van der Waals surface area contributed by atoms with Gasteiger partial charge in [-0.2, -0.15) is 9.29 Å². The Kier molecular flexibility index (Phi) is 6.32. The maximum Gasteiger partial charge on any atom is 0.243 e. The Morgan fingerprint density at radius 1 is 1.19 bits per heavy atom. The summed E-state index contributed by atoms with van der Waals surface area (Å²) in [7, 11) is -3.81. The molecule has 1 aliphatic heterocycles. The van der Waals surface area contributed by atoms with Gasteiger partial charge in [0.05, 0.1) is 10.8 Å². The second-order valence-electron chi connectivity index (χ2n) is 7.82. The third-order valence-corrected chi connectivity index (χ3v) is 7.72. The quantitative estimate of drug-likeness (QED) is 0.598. The summed E-state index contributed by atoms with van der Waals surface area (Å²) >= 11 is 5.89. The lowest BCUT2D eigenvalue weighted by atomic mass is 9.99. The van der Waals surface area contributed by atoms with Gasteiger partial charge in [-0.05, 0) is 55.7 Å². The molecule has 4 rings (SSSR count). The number of benzene rings is 2. The Morgan fingerprint density at radius 2 is 1.94 bits per heavy atom. The lowest BCUT2D eigenvalue weighted by Gasteiger charge is -2.31. The lowest BCUT2D eigenvalue weighted by molar-refractivity contribution is -0.120. The Labute approximate surface area is 191 Å². The summed E-state index contributed by atoms with van der Waals surface area (Å²) < 4.78 is 33.4. The molecule has 0 spiro atoms. The minimum Gasteiger partial charge on any atom is -0.339 e. The van der Waals surface area contributed by atoms with E-state index in [1.165, 1.54) is 4.31 Å². The molecule has 2 heterocycles. The number of piperidine rings is 1. The fourth-order valence-electron chi connectivity index (χ4n) is 3.72. The van der Waals surface area contributed by atoms with Gasteiger partial charge in [0.2, 0.25) is 27.6 Å². The fourth-order valence-corrected chi connectivity index (χ4v) is 5.63. The number of hydrogen-bond donors (Lipinski definition) is 1. The predicted octanol–water partition coefficient (Wildman–Crippen LogP) is 4.05. The molecule has 1 fully saturated rings. The molecule has 0 bridgehead atoms. The van der Waals surface area contributed by atoms with Crippen LogP contribution in [-0.4, -0.2) is 41.9 Å². The second-order valence-corrected chi connectivity index (χ2v) is 10.2. The number of carbonyl (C=O) groups excluding carboxylic acids is 1. The number of aryl methyl sites for hydroxylation is 2. The number of halogens is 1. The zero-order valence-electron chi connectivity index (χ0n) is 17.7. The summed E-state index contributed by atoms with van der Waals surface area (Å²) in [6.07, 6.45) is 1.22. The molecule has 168 valence electrons. The van der Waals surface area contributed by atoms with Crippen LogP contribution in [0.4, 0.5) is 5.69 Å². The molecular weight excluding hydrogens is 452 g/mol. The largest absolute Gasteiger partial charge is 0.339 e. The van der Waals surface area contributed by atoms with Crippen LogP contribution in [0, 0.1) is 19.8 Å². The van der Waals surface area contributed by atoms with Crippen molar-refractivity contribution in [3.8, 4) is 11.4 Å². The average Bonchev–Trinajstić information content (AvgIpc) is 3.22. The minimum atomic E-state index is -3.81. The SMILES string of the molecule is Cc1nc(-c2ccc(C)c(S(=O)(=O)N3CCCC(C(=O)Nc4ccc(Cl)cc4)C3)c2)no1. The summed E-state index contributed by atoms with van der Waals surface area (Å²) in [4.78, 5) is 17.1. The Morgan fingerprint density at radius 3 is 2.62 bits per heavy atom. The van der Waals surface area contributed by atoms with E-state index in [1.54, 1.807) is 56.3 Å². The van der Waals surface area contributed by atoms with Crippen molar-refractivity contribution in [3.05, 3.63) is 58.9 Å². The van der Waals surface area contributed by atoms with E-state index in [4.69, 9.17) is 16.1 Å². The molecule has 3 aromatic rings. The van der Waals surface area contributed by atoms with E-state index >= 15 is 0 Å². The number of carbonyl (C=O) groups is 1. The Hall–Kier alpha value is -2.75. The number of nitrogens with zero attached hydrogens (tertiary/aromatic N) is 3. The molecule has 1 aliphatic rings. The van der Waals surface area contributed by atoms with Crippen LogP contribution in [0.5, 0.6) is 0 Å². The van der Waals surface area contributed by atoms with Crippen LogP contribution in [0.3, 0.4) is 0 Å².